The molecule has 2 aromatic carbocycles. The SMILES string of the molecule is CC(C)NC(=O)CCn1c2c(c3ccccc31)CCN1C(=O)c3ccccc3N(C)[C@@H]21. The molecule has 0 spiro atoms. The van der Waals surface area contributed by atoms with E-state index in [9.17, 15) is 9.59 Å². The molecule has 6 nitrogen and oxygen atoms in total. The Morgan fingerprint density at radius 2 is 1.87 bits per heavy atom. The Labute approximate surface area is 182 Å². The number of benzene rings is 2. The van der Waals surface area contributed by atoms with E-state index in [-0.39, 0.29) is 24.0 Å². The lowest BCUT2D eigenvalue weighted by Crippen LogP contribution is -2.51. The number of aromatic nitrogens is 1. The number of fused-ring (bicyclic) bond motifs is 6. The molecule has 1 aromatic heterocycles. The van der Waals surface area contributed by atoms with Crippen LogP contribution in [0.25, 0.3) is 10.9 Å². The van der Waals surface area contributed by atoms with E-state index in [0.29, 0.717) is 19.5 Å². The number of amides is 2. The third-order valence-corrected chi connectivity index (χ3v) is 6.42. The van der Waals surface area contributed by atoms with Crippen molar-refractivity contribution < 1.29 is 9.59 Å². The Morgan fingerprint density at radius 1 is 1.13 bits per heavy atom. The van der Waals surface area contributed by atoms with Crippen LogP contribution in [0.5, 0.6) is 0 Å². The van der Waals surface area contributed by atoms with Gasteiger partial charge in [0.05, 0.1) is 16.9 Å². The molecule has 3 aromatic rings. The smallest absolute Gasteiger partial charge is 0.257 e. The molecular weight excluding hydrogens is 388 g/mol. The number of rotatable bonds is 4. The number of anilines is 1. The quantitative estimate of drug-likeness (QED) is 0.706. The summed E-state index contributed by atoms with van der Waals surface area (Å²) in [5, 5.41) is 4.21. The van der Waals surface area contributed by atoms with Gasteiger partial charge in [-0.15, -0.1) is 0 Å². The molecule has 31 heavy (non-hydrogen) atoms. The van der Waals surface area contributed by atoms with Crippen molar-refractivity contribution in [2.24, 2.45) is 0 Å². The molecule has 0 aliphatic carbocycles. The number of hydrogen-bond acceptors (Lipinski definition) is 3. The maximum Gasteiger partial charge on any atom is 0.257 e. The number of nitrogens with one attached hydrogen (secondary N) is 1. The van der Waals surface area contributed by atoms with E-state index in [4.69, 9.17) is 0 Å². The highest BCUT2D eigenvalue weighted by Gasteiger charge is 2.42. The maximum atomic E-state index is 13.3. The summed E-state index contributed by atoms with van der Waals surface area (Å²) in [6.45, 7) is 5.23. The fourth-order valence-corrected chi connectivity index (χ4v) is 5.16. The van der Waals surface area contributed by atoms with Gasteiger partial charge in [0.25, 0.3) is 5.91 Å². The topological polar surface area (TPSA) is 57.6 Å². The summed E-state index contributed by atoms with van der Waals surface area (Å²) in [5.74, 6) is 0.131. The number of nitrogens with zero attached hydrogens (tertiary/aromatic N) is 3. The molecule has 2 aliphatic rings. The van der Waals surface area contributed by atoms with Gasteiger partial charge < -0.3 is 19.7 Å². The average Bonchev–Trinajstić information content (AvgIpc) is 3.09. The predicted octanol–water partition coefficient (Wildman–Crippen LogP) is 3.70. The minimum Gasteiger partial charge on any atom is -0.354 e. The molecule has 6 heteroatoms. The largest absolute Gasteiger partial charge is 0.354 e. The van der Waals surface area contributed by atoms with Gasteiger partial charge in [-0.25, -0.2) is 0 Å². The van der Waals surface area contributed by atoms with Crippen LogP contribution in [-0.2, 0) is 17.8 Å². The van der Waals surface area contributed by atoms with Gasteiger partial charge in [-0.1, -0.05) is 30.3 Å². The maximum absolute atomic E-state index is 13.3. The predicted molar refractivity (Wildman–Crippen MR) is 122 cm³/mol. The van der Waals surface area contributed by atoms with Crippen LogP contribution in [0.1, 0.15) is 48.0 Å². The van der Waals surface area contributed by atoms with E-state index in [0.717, 1.165) is 28.9 Å². The summed E-state index contributed by atoms with van der Waals surface area (Å²) < 4.78 is 2.26. The van der Waals surface area contributed by atoms with E-state index in [1.807, 2.05) is 49.1 Å². The Bertz CT molecular complexity index is 1180. The zero-order valence-corrected chi connectivity index (χ0v) is 18.3. The molecule has 0 bridgehead atoms. The molecule has 1 N–H and O–H groups in total. The van der Waals surface area contributed by atoms with Gasteiger partial charge in [0.2, 0.25) is 5.91 Å². The fourth-order valence-electron chi connectivity index (χ4n) is 5.16. The van der Waals surface area contributed by atoms with E-state index in [2.05, 4.69) is 40.0 Å². The minimum absolute atomic E-state index is 0.0487. The molecule has 0 saturated heterocycles. The van der Waals surface area contributed by atoms with Crippen molar-refractivity contribution in [3.8, 4) is 0 Å². The molecule has 3 heterocycles. The number of carbonyl (C=O) groups excluding carboxylic acids is 2. The van der Waals surface area contributed by atoms with E-state index >= 15 is 0 Å². The van der Waals surface area contributed by atoms with Gasteiger partial charge in [0.15, 0.2) is 0 Å². The van der Waals surface area contributed by atoms with Crippen LogP contribution >= 0.6 is 0 Å². The second kappa shape index (κ2) is 7.45. The fraction of sp³-hybridized carbons (Fsp3) is 0.360. The summed E-state index contributed by atoms with van der Waals surface area (Å²) >= 11 is 0. The molecule has 0 fully saturated rings. The zero-order chi connectivity index (χ0) is 21.7. The minimum atomic E-state index is -0.174. The van der Waals surface area contributed by atoms with Gasteiger partial charge in [-0.3, -0.25) is 9.59 Å². The van der Waals surface area contributed by atoms with Crippen LogP contribution in [-0.4, -0.2) is 40.9 Å². The van der Waals surface area contributed by atoms with Gasteiger partial charge in [-0.2, -0.15) is 0 Å². The van der Waals surface area contributed by atoms with Crippen molar-refractivity contribution in [2.45, 2.75) is 45.4 Å². The van der Waals surface area contributed by atoms with Crippen LogP contribution in [0.2, 0.25) is 0 Å². The molecule has 2 aliphatic heterocycles. The van der Waals surface area contributed by atoms with Crippen molar-refractivity contribution >= 4 is 28.4 Å². The van der Waals surface area contributed by atoms with Crippen LogP contribution in [0.3, 0.4) is 0 Å². The summed E-state index contributed by atoms with van der Waals surface area (Å²) in [7, 11) is 2.06. The number of aryl methyl sites for hydroxylation is 1. The number of hydrogen-bond donors (Lipinski definition) is 1. The first-order valence-corrected chi connectivity index (χ1v) is 11.0. The van der Waals surface area contributed by atoms with E-state index < -0.39 is 0 Å². The highest BCUT2D eigenvalue weighted by molar-refractivity contribution is 6.02. The lowest BCUT2D eigenvalue weighted by atomic mass is 9.96. The van der Waals surface area contributed by atoms with Gasteiger partial charge >= 0.3 is 0 Å². The normalized spacial score (nSPS) is 17.5. The molecule has 0 unspecified atom stereocenters. The van der Waals surface area contributed by atoms with Crippen LogP contribution in [0.4, 0.5) is 5.69 Å². The third kappa shape index (κ3) is 3.09. The third-order valence-electron chi connectivity index (χ3n) is 6.42. The van der Waals surface area contributed by atoms with Gasteiger partial charge in [-0.05, 0) is 44.0 Å². The van der Waals surface area contributed by atoms with Gasteiger partial charge in [0.1, 0.15) is 6.17 Å². The lowest BCUT2D eigenvalue weighted by molar-refractivity contribution is -0.121. The van der Waals surface area contributed by atoms with Crippen LogP contribution < -0.4 is 10.2 Å². The van der Waals surface area contributed by atoms with E-state index in [1.165, 1.54) is 10.9 Å². The molecule has 160 valence electrons. The monoisotopic (exact) mass is 416 g/mol. The zero-order valence-electron chi connectivity index (χ0n) is 18.3. The molecule has 2 amide bonds. The number of para-hydroxylation sites is 2. The Balaban J connectivity index is 1.63. The van der Waals surface area contributed by atoms with Crippen molar-refractivity contribution in [3.63, 3.8) is 0 Å². The Morgan fingerprint density at radius 3 is 2.68 bits per heavy atom. The van der Waals surface area contributed by atoms with Crippen molar-refractivity contribution in [1.82, 2.24) is 14.8 Å². The van der Waals surface area contributed by atoms with Crippen LogP contribution in [0.15, 0.2) is 48.5 Å². The van der Waals surface area contributed by atoms with Crippen molar-refractivity contribution in [3.05, 3.63) is 65.4 Å². The average molecular weight is 417 g/mol. The molecule has 1 atom stereocenters. The molecule has 5 rings (SSSR count). The Hall–Kier alpha value is -3.28. The molecular formula is C25H28N4O2. The van der Waals surface area contributed by atoms with Crippen molar-refractivity contribution in [2.75, 3.05) is 18.5 Å². The lowest BCUT2D eigenvalue weighted by Gasteiger charge is -2.46. The summed E-state index contributed by atoms with van der Waals surface area (Å²) in [6.07, 6.45) is 1.05. The van der Waals surface area contributed by atoms with Crippen molar-refractivity contribution in [1.29, 1.82) is 0 Å². The summed E-state index contributed by atoms with van der Waals surface area (Å²) in [4.78, 5) is 29.9. The molecule has 0 radical (unpaired) electrons. The second-order valence-corrected chi connectivity index (χ2v) is 8.76. The summed E-state index contributed by atoms with van der Waals surface area (Å²) in [5.41, 5.74) is 5.27. The first-order chi connectivity index (χ1) is 15.0. The van der Waals surface area contributed by atoms with E-state index in [1.54, 1.807) is 0 Å². The van der Waals surface area contributed by atoms with Crippen LogP contribution in [0, 0.1) is 0 Å². The standard InChI is InChI=1S/C25H28N4O2/c1-16(2)26-22(30)13-15-28-21-11-7-4-8-17(21)18-12-14-29-24(23(18)28)27(3)20-10-6-5-9-19(20)25(29)31/h4-11,16,24H,12-15H2,1-3H3,(H,26,30)/t24-/m1/s1. The first-order valence-electron chi connectivity index (χ1n) is 11.0. The highest BCUT2D eigenvalue weighted by Crippen LogP contribution is 2.44. The van der Waals surface area contributed by atoms with Gasteiger partial charge in [0, 0.05) is 43.5 Å². The first kappa shape index (κ1) is 19.7. The highest BCUT2D eigenvalue weighted by atomic mass is 16.2. The molecule has 0 saturated carbocycles. The number of carbonyl (C=O) groups is 2. The summed E-state index contributed by atoms with van der Waals surface area (Å²) in [6, 6.07) is 16.3. The Kier molecular flexibility index (Phi) is 4.73. The second-order valence-electron chi connectivity index (χ2n) is 8.76.